The fourth-order valence-electron chi connectivity index (χ4n) is 5.81. The molecule has 8 heteroatoms. The zero-order valence-electron chi connectivity index (χ0n) is 18.9. The van der Waals surface area contributed by atoms with Crippen molar-refractivity contribution >= 4 is 29.5 Å². The summed E-state index contributed by atoms with van der Waals surface area (Å²) in [6.45, 7) is 10.3. The second-order valence-corrected chi connectivity index (χ2v) is 11.4. The lowest BCUT2D eigenvalue weighted by Crippen LogP contribution is -2.57. The summed E-state index contributed by atoms with van der Waals surface area (Å²) in [7, 11) is 0. The molecule has 0 aromatic heterocycles. The predicted octanol–water partition coefficient (Wildman–Crippen LogP) is 1.68. The first-order chi connectivity index (χ1) is 14.2. The van der Waals surface area contributed by atoms with Crippen LogP contribution in [-0.4, -0.2) is 68.5 Å². The van der Waals surface area contributed by atoms with Crippen LogP contribution in [0, 0.1) is 11.8 Å². The summed E-state index contributed by atoms with van der Waals surface area (Å²) in [5.74, 6) is -1.37. The summed E-state index contributed by atoms with van der Waals surface area (Å²) in [6.07, 6.45) is 4.20. The summed E-state index contributed by atoms with van der Waals surface area (Å²) in [5.41, 5.74) is 0. The Morgan fingerprint density at radius 2 is 1.93 bits per heavy atom. The second kappa shape index (κ2) is 8.69. The largest absolute Gasteiger partial charge is 0.394 e. The Bertz CT molecular complexity index is 704. The SMILES string of the molecule is CCCNC(=O)[C@H]1[C@H]2C(=O)N([C@H](C)CO)C(C(=O)NC(C)CCC)C23CC[C@]1(C)S3. The van der Waals surface area contributed by atoms with Crippen LogP contribution >= 0.6 is 11.8 Å². The van der Waals surface area contributed by atoms with Crippen LogP contribution < -0.4 is 10.6 Å². The zero-order chi connectivity index (χ0) is 22.3. The molecular formula is C22H37N3O4S. The summed E-state index contributed by atoms with van der Waals surface area (Å²) in [6, 6.07) is -1.11. The van der Waals surface area contributed by atoms with E-state index in [9.17, 15) is 19.5 Å². The van der Waals surface area contributed by atoms with E-state index < -0.39 is 28.7 Å². The lowest BCUT2D eigenvalue weighted by molar-refractivity contribution is -0.143. The number of hydrogen-bond donors (Lipinski definition) is 3. The van der Waals surface area contributed by atoms with E-state index in [1.54, 1.807) is 23.6 Å². The Balaban J connectivity index is 1.99. The summed E-state index contributed by atoms with van der Waals surface area (Å²) >= 11 is 1.67. The fourth-order valence-corrected chi connectivity index (χ4v) is 8.15. The number of amides is 3. The lowest BCUT2D eigenvalue weighted by Gasteiger charge is -2.36. The van der Waals surface area contributed by atoms with Crippen molar-refractivity contribution in [1.82, 2.24) is 15.5 Å². The van der Waals surface area contributed by atoms with Gasteiger partial charge in [0.15, 0.2) is 0 Å². The molecule has 3 aliphatic heterocycles. The van der Waals surface area contributed by atoms with Gasteiger partial charge in [-0.05, 0) is 46.5 Å². The molecular weight excluding hydrogens is 402 g/mol. The summed E-state index contributed by atoms with van der Waals surface area (Å²) < 4.78 is -0.959. The Hall–Kier alpha value is -1.28. The first-order valence-corrected chi connectivity index (χ1v) is 12.2. The van der Waals surface area contributed by atoms with Crippen molar-refractivity contribution in [3.63, 3.8) is 0 Å². The van der Waals surface area contributed by atoms with Crippen LogP contribution in [0.3, 0.4) is 0 Å². The van der Waals surface area contributed by atoms with Crippen LogP contribution in [0.2, 0.25) is 0 Å². The number of aliphatic hydroxyl groups is 1. The van der Waals surface area contributed by atoms with Gasteiger partial charge in [0, 0.05) is 17.3 Å². The van der Waals surface area contributed by atoms with E-state index >= 15 is 0 Å². The number of nitrogens with zero attached hydrogens (tertiary/aromatic N) is 1. The molecule has 3 rings (SSSR count). The monoisotopic (exact) mass is 439 g/mol. The van der Waals surface area contributed by atoms with Crippen molar-refractivity contribution in [2.75, 3.05) is 13.2 Å². The van der Waals surface area contributed by atoms with E-state index in [0.29, 0.717) is 6.54 Å². The molecule has 30 heavy (non-hydrogen) atoms. The first kappa shape index (κ1) is 23.4. The summed E-state index contributed by atoms with van der Waals surface area (Å²) in [5, 5.41) is 15.9. The standard InChI is InChI=1S/C22H37N3O4S/c1-6-8-13(3)24-19(28)17-22-10-9-21(5,30-22)15(18(27)23-11-7-2)16(22)20(29)25(17)14(4)12-26/h13-17,26H,6-12H2,1-5H3,(H,23,27)(H,24,28)/t13?,14-,15-,16+,17?,21+,22?/m1/s1. The van der Waals surface area contributed by atoms with Gasteiger partial charge in [-0.3, -0.25) is 14.4 Å². The number of hydrogen-bond acceptors (Lipinski definition) is 5. The highest BCUT2D eigenvalue weighted by molar-refractivity contribution is 8.02. The molecule has 0 saturated carbocycles. The van der Waals surface area contributed by atoms with Crippen molar-refractivity contribution in [1.29, 1.82) is 0 Å². The molecule has 3 N–H and O–H groups in total. The molecule has 3 unspecified atom stereocenters. The van der Waals surface area contributed by atoms with E-state index in [4.69, 9.17) is 0 Å². The molecule has 7 nitrogen and oxygen atoms in total. The third kappa shape index (κ3) is 3.53. The van der Waals surface area contributed by atoms with Crippen molar-refractivity contribution < 1.29 is 19.5 Å². The van der Waals surface area contributed by atoms with Gasteiger partial charge < -0.3 is 20.6 Å². The Kier molecular flexibility index (Phi) is 6.77. The molecule has 7 atom stereocenters. The maximum absolute atomic E-state index is 13.7. The quantitative estimate of drug-likeness (QED) is 0.508. The molecule has 3 heterocycles. The molecule has 170 valence electrons. The molecule has 3 fully saturated rings. The minimum absolute atomic E-state index is 0.0159. The van der Waals surface area contributed by atoms with Gasteiger partial charge in [-0.15, -0.1) is 11.8 Å². The van der Waals surface area contributed by atoms with Gasteiger partial charge in [-0.2, -0.15) is 0 Å². The van der Waals surface area contributed by atoms with E-state index in [1.807, 2.05) is 13.8 Å². The molecule has 2 bridgehead atoms. The van der Waals surface area contributed by atoms with E-state index in [-0.39, 0.29) is 35.1 Å². The predicted molar refractivity (Wildman–Crippen MR) is 118 cm³/mol. The first-order valence-electron chi connectivity index (χ1n) is 11.4. The van der Waals surface area contributed by atoms with E-state index in [2.05, 4.69) is 24.5 Å². The molecule has 0 aromatic carbocycles. The highest BCUT2D eigenvalue weighted by Crippen LogP contribution is 2.71. The number of nitrogens with one attached hydrogen (secondary N) is 2. The molecule has 3 saturated heterocycles. The Morgan fingerprint density at radius 3 is 2.53 bits per heavy atom. The normalized spacial score (nSPS) is 36.5. The van der Waals surface area contributed by atoms with Crippen LogP contribution in [0.15, 0.2) is 0 Å². The van der Waals surface area contributed by atoms with Gasteiger partial charge in [-0.25, -0.2) is 0 Å². The molecule has 1 spiro atoms. The minimum Gasteiger partial charge on any atom is -0.394 e. The van der Waals surface area contributed by atoms with Crippen molar-refractivity contribution in [2.24, 2.45) is 11.8 Å². The molecule has 3 amide bonds. The van der Waals surface area contributed by atoms with Gasteiger partial charge in [0.05, 0.1) is 29.2 Å². The number of thioether (sulfide) groups is 1. The minimum atomic E-state index is -0.660. The van der Waals surface area contributed by atoms with Crippen molar-refractivity contribution in [3.05, 3.63) is 0 Å². The second-order valence-electron chi connectivity index (χ2n) is 9.49. The number of aliphatic hydroxyl groups excluding tert-OH is 1. The maximum Gasteiger partial charge on any atom is 0.244 e. The van der Waals surface area contributed by atoms with E-state index in [0.717, 1.165) is 32.1 Å². The van der Waals surface area contributed by atoms with Crippen LogP contribution in [-0.2, 0) is 14.4 Å². The number of likely N-dealkylation sites (tertiary alicyclic amines) is 1. The van der Waals surface area contributed by atoms with Crippen molar-refractivity contribution in [3.8, 4) is 0 Å². The average Bonchev–Trinajstić information content (AvgIpc) is 3.26. The number of fused-ring (bicyclic) bond motifs is 1. The Morgan fingerprint density at radius 1 is 1.23 bits per heavy atom. The van der Waals surface area contributed by atoms with Crippen LogP contribution in [0.1, 0.15) is 66.7 Å². The number of rotatable bonds is 9. The summed E-state index contributed by atoms with van der Waals surface area (Å²) in [4.78, 5) is 41.9. The topological polar surface area (TPSA) is 98.7 Å². The van der Waals surface area contributed by atoms with Gasteiger partial charge in [-0.1, -0.05) is 20.3 Å². The average molecular weight is 440 g/mol. The number of carbonyl (C=O) groups excluding carboxylic acids is 3. The van der Waals surface area contributed by atoms with Gasteiger partial charge in [0.25, 0.3) is 0 Å². The van der Waals surface area contributed by atoms with Crippen LogP contribution in [0.4, 0.5) is 0 Å². The highest BCUT2D eigenvalue weighted by atomic mass is 32.2. The van der Waals surface area contributed by atoms with Crippen LogP contribution in [0.5, 0.6) is 0 Å². The maximum atomic E-state index is 13.7. The number of carbonyl (C=O) groups is 3. The molecule has 3 aliphatic rings. The van der Waals surface area contributed by atoms with Crippen molar-refractivity contribution in [2.45, 2.75) is 94.3 Å². The van der Waals surface area contributed by atoms with Gasteiger partial charge in [0.2, 0.25) is 17.7 Å². The van der Waals surface area contributed by atoms with E-state index in [1.165, 1.54) is 0 Å². The smallest absolute Gasteiger partial charge is 0.244 e. The molecule has 0 aliphatic carbocycles. The van der Waals surface area contributed by atoms with Gasteiger partial charge >= 0.3 is 0 Å². The van der Waals surface area contributed by atoms with Gasteiger partial charge in [0.1, 0.15) is 6.04 Å². The third-order valence-corrected chi connectivity index (χ3v) is 9.13. The molecule has 0 aromatic rings. The third-order valence-electron chi connectivity index (χ3n) is 7.14. The Labute approximate surface area is 184 Å². The molecule has 0 radical (unpaired) electrons. The zero-order valence-corrected chi connectivity index (χ0v) is 19.7. The lowest BCUT2D eigenvalue weighted by atomic mass is 9.66. The highest BCUT2D eigenvalue weighted by Gasteiger charge is 2.77. The fraction of sp³-hybridized carbons (Fsp3) is 0.864. The van der Waals surface area contributed by atoms with Crippen LogP contribution in [0.25, 0.3) is 0 Å².